The Bertz CT molecular complexity index is 1050. The number of benzene rings is 2. The summed E-state index contributed by atoms with van der Waals surface area (Å²) < 4.78 is 0. The van der Waals surface area contributed by atoms with Crippen molar-refractivity contribution in [3.05, 3.63) is 75.2 Å². The number of nitrogens with one attached hydrogen (secondary N) is 2. The third kappa shape index (κ3) is 3.63. The van der Waals surface area contributed by atoms with Crippen molar-refractivity contribution in [3.63, 3.8) is 0 Å². The fraction of sp³-hybridized carbons (Fsp3) is 0.318. The van der Waals surface area contributed by atoms with Gasteiger partial charge in [0.15, 0.2) is 0 Å². The number of aromatic amines is 1. The molecule has 0 unspecified atom stereocenters. The minimum Gasteiger partial charge on any atom is -0.349 e. The normalized spacial score (nSPS) is 14.6. The summed E-state index contributed by atoms with van der Waals surface area (Å²) in [6.45, 7) is 2.00. The molecule has 5 nitrogen and oxygen atoms in total. The molecule has 0 spiro atoms. The van der Waals surface area contributed by atoms with Crippen LogP contribution in [-0.2, 0) is 24.1 Å². The molecular formula is C22H23N3O2. The fourth-order valence-corrected chi connectivity index (χ4v) is 3.86. The van der Waals surface area contributed by atoms with Crippen molar-refractivity contribution in [2.75, 3.05) is 0 Å². The van der Waals surface area contributed by atoms with Gasteiger partial charge in [0.1, 0.15) is 0 Å². The first kappa shape index (κ1) is 17.5. The predicted molar refractivity (Wildman–Crippen MR) is 106 cm³/mol. The second kappa shape index (κ2) is 7.35. The van der Waals surface area contributed by atoms with E-state index in [2.05, 4.69) is 33.7 Å². The van der Waals surface area contributed by atoms with Crippen molar-refractivity contribution in [1.29, 1.82) is 0 Å². The molecule has 1 amide bonds. The molecule has 0 saturated carbocycles. The van der Waals surface area contributed by atoms with Crippen molar-refractivity contribution in [3.8, 4) is 0 Å². The summed E-state index contributed by atoms with van der Waals surface area (Å²) in [6.07, 6.45) is 4.91. The Hall–Kier alpha value is -2.95. The third-order valence-corrected chi connectivity index (χ3v) is 5.35. The van der Waals surface area contributed by atoms with Gasteiger partial charge in [0.25, 0.3) is 5.56 Å². The van der Waals surface area contributed by atoms with Crippen molar-refractivity contribution < 1.29 is 4.79 Å². The third-order valence-electron chi connectivity index (χ3n) is 5.35. The molecule has 0 fully saturated rings. The summed E-state index contributed by atoms with van der Waals surface area (Å²) in [4.78, 5) is 24.4. The van der Waals surface area contributed by atoms with Crippen LogP contribution in [0.15, 0.2) is 47.3 Å². The first-order valence-electron chi connectivity index (χ1n) is 9.49. The summed E-state index contributed by atoms with van der Waals surface area (Å²) in [5.41, 5.74) is 4.32. The quantitative estimate of drug-likeness (QED) is 0.749. The maximum atomic E-state index is 12.6. The van der Waals surface area contributed by atoms with Crippen LogP contribution in [0.3, 0.4) is 0 Å². The number of amides is 1. The Labute approximate surface area is 157 Å². The second-order valence-electron chi connectivity index (χ2n) is 7.25. The van der Waals surface area contributed by atoms with Gasteiger partial charge in [-0.15, -0.1) is 0 Å². The van der Waals surface area contributed by atoms with Gasteiger partial charge in [-0.3, -0.25) is 9.59 Å². The van der Waals surface area contributed by atoms with E-state index in [-0.39, 0.29) is 23.9 Å². The molecule has 1 atom stereocenters. The van der Waals surface area contributed by atoms with Crippen LogP contribution in [-0.4, -0.2) is 16.1 Å². The van der Waals surface area contributed by atoms with Crippen LogP contribution in [0.25, 0.3) is 10.8 Å². The number of hydrogen-bond acceptors (Lipinski definition) is 3. The highest BCUT2D eigenvalue weighted by Crippen LogP contribution is 2.25. The monoisotopic (exact) mass is 361 g/mol. The lowest BCUT2D eigenvalue weighted by molar-refractivity contribution is -0.121. The van der Waals surface area contributed by atoms with E-state index in [1.807, 2.05) is 19.1 Å². The Morgan fingerprint density at radius 3 is 2.67 bits per heavy atom. The van der Waals surface area contributed by atoms with Gasteiger partial charge in [-0.2, -0.15) is 5.10 Å². The molecule has 0 radical (unpaired) electrons. The van der Waals surface area contributed by atoms with Gasteiger partial charge >= 0.3 is 0 Å². The van der Waals surface area contributed by atoms with Gasteiger partial charge in [-0.1, -0.05) is 36.4 Å². The number of rotatable bonds is 4. The molecule has 1 aromatic heterocycles. The number of carbonyl (C=O) groups is 1. The zero-order chi connectivity index (χ0) is 18.8. The van der Waals surface area contributed by atoms with E-state index in [9.17, 15) is 9.59 Å². The first-order valence-corrected chi connectivity index (χ1v) is 9.49. The number of nitrogens with zero attached hydrogens (tertiary/aromatic N) is 1. The lowest BCUT2D eigenvalue weighted by atomic mass is 9.89. The van der Waals surface area contributed by atoms with Gasteiger partial charge in [0, 0.05) is 5.39 Å². The number of aryl methyl sites for hydroxylation is 2. The molecule has 1 aliphatic carbocycles. The SMILES string of the molecule is C[C@@H](NC(=O)Cc1n[nH]c(=O)c2ccccc12)c1ccc2c(c1)CCCC2. The highest BCUT2D eigenvalue weighted by atomic mass is 16.1. The number of fused-ring (bicyclic) bond motifs is 2. The number of H-pyrrole nitrogens is 1. The molecule has 2 N–H and O–H groups in total. The smallest absolute Gasteiger partial charge is 0.272 e. The molecule has 0 saturated heterocycles. The standard InChI is InChI=1S/C22H23N3O2/c1-14(16-11-10-15-6-2-3-7-17(15)12-16)23-21(26)13-20-18-8-4-5-9-19(18)22(27)25-24-20/h4-5,8-12,14H,2-3,6-7,13H2,1H3,(H,23,26)(H,25,27)/t14-/m1/s1. The summed E-state index contributed by atoms with van der Waals surface area (Å²) in [7, 11) is 0. The van der Waals surface area contributed by atoms with E-state index in [4.69, 9.17) is 0 Å². The van der Waals surface area contributed by atoms with Crippen LogP contribution in [0.1, 0.15) is 48.2 Å². The van der Waals surface area contributed by atoms with Crippen molar-refractivity contribution in [2.24, 2.45) is 0 Å². The van der Waals surface area contributed by atoms with Gasteiger partial charge in [0.05, 0.1) is 23.5 Å². The van der Waals surface area contributed by atoms with E-state index in [0.717, 1.165) is 23.8 Å². The molecule has 1 heterocycles. The lowest BCUT2D eigenvalue weighted by Crippen LogP contribution is -2.29. The largest absolute Gasteiger partial charge is 0.349 e. The summed E-state index contributed by atoms with van der Waals surface area (Å²) in [5, 5.41) is 10.9. The maximum absolute atomic E-state index is 12.6. The molecule has 5 heteroatoms. The van der Waals surface area contributed by atoms with E-state index in [1.165, 1.54) is 24.0 Å². The Morgan fingerprint density at radius 2 is 1.85 bits per heavy atom. The van der Waals surface area contributed by atoms with Crippen LogP contribution in [0, 0.1) is 0 Å². The molecule has 0 bridgehead atoms. The highest BCUT2D eigenvalue weighted by Gasteiger charge is 2.16. The van der Waals surface area contributed by atoms with Crippen molar-refractivity contribution >= 4 is 16.7 Å². The van der Waals surface area contributed by atoms with E-state index in [0.29, 0.717) is 11.1 Å². The molecule has 3 aromatic rings. The number of aromatic nitrogens is 2. The maximum Gasteiger partial charge on any atom is 0.272 e. The lowest BCUT2D eigenvalue weighted by Gasteiger charge is -2.20. The number of hydrogen-bond donors (Lipinski definition) is 2. The van der Waals surface area contributed by atoms with E-state index >= 15 is 0 Å². The Kier molecular flexibility index (Phi) is 4.75. The van der Waals surface area contributed by atoms with E-state index < -0.39 is 0 Å². The number of carbonyl (C=O) groups excluding carboxylic acids is 1. The molecule has 0 aliphatic heterocycles. The summed E-state index contributed by atoms with van der Waals surface area (Å²) in [5.74, 6) is -0.107. The highest BCUT2D eigenvalue weighted by molar-refractivity contribution is 5.88. The zero-order valence-corrected chi connectivity index (χ0v) is 15.4. The zero-order valence-electron chi connectivity index (χ0n) is 15.4. The van der Waals surface area contributed by atoms with Crippen LogP contribution in [0.5, 0.6) is 0 Å². The van der Waals surface area contributed by atoms with Gasteiger partial charge in [-0.25, -0.2) is 5.10 Å². The topological polar surface area (TPSA) is 74.8 Å². The molecule has 1 aliphatic rings. The first-order chi connectivity index (χ1) is 13.1. The van der Waals surface area contributed by atoms with Gasteiger partial charge in [0.2, 0.25) is 5.91 Å². The Morgan fingerprint density at radius 1 is 1.11 bits per heavy atom. The van der Waals surface area contributed by atoms with Crippen LogP contribution in [0.4, 0.5) is 0 Å². The summed E-state index contributed by atoms with van der Waals surface area (Å²) >= 11 is 0. The predicted octanol–water partition coefficient (Wildman–Crippen LogP) is 3.22. The van der Waals surface area contributed by atoms with E-state index in [1.54, 1.807) is 12.1 Å². The minimum absolute atomic E-state index is 0.0706. The molecule has 138 valence electrons. The van der Waals surface area contributed by atoms with Crippen LogP contribution in [0.2, 0.25) is 0 Å². The molecule has 2 aromatic carbocycles. The van der Waals surface area contributed by atoms with Gasteiger partial charge in [-0.05, 0) is 55.4 Å². The van der Waals surface area contributed by atoms with Crippen molar-refractivity contribution in [2.45, 2.75) is 45.1 Å². The van der Waals surface area contributed by atoms with Crippen LogP contribution >= 0.6 is 0 Å². The average molecular weight is 361 g/mol. The minimum atomic E-state index is -0.239. The second-order valence-corrected chi connectivity index (χ2v) is 7.25. The average Bonchev–Trinajstić information content (AvgIpc) is 2.70. The molecule has 27 heavy (non-hydrogen) atoms. The molecule has 4 rings (SSSR count). The van der Waals surface area contributed by atoms with Crippen molar-refractivity contribution in [1.82, 2.24) is 15.5 Å². The molecular weight excluding hydrogens is 338 g/mol. The Balaban J connectivity index is 1.50. The summed E-state index contributed by atoms with van der Waals surface area (Å²) in [6, 6.07) is 13.7. The van der Waals surface area contributed by atoms with Crippen LogP contribution < -0.4 is 10.9 Å². The fourth-order valence-electron chi connectivity index (χ4n) is 3.86. The van der Waals surface area contributed by atoms with Gasteiger partial charge < -0.3 is 5.32 Å².